The Bertz CT molecular complexity index is 1720. The number of hydrogen-bond donors (Lipinski definition) is 3. The summed E-state index contributed by atoms with van der Waals surface area (Å²) in [5, 5.41) is 8.14. The Hall–Kier alpha value is -3.87. The largest absolute Gasteiger partial charge is 0.397 e. The molecule has 0 radical (unpaired) electrons. The van der Waals surface area contributed by atoms with Crippen molar-refractivity contribution in [2.24, 2.45) is 0 Å². The zero-order valence-corrected chi connectivity index (χ0v) is 29.9. The van der Waals surface area contributed by atoms with Gasteiger partial charge in [0.25, 0.3) is 0 Å². The minimum Gasteiger partial charge on any atom is -0.397 e. The lowest BCUT2D eigenvalue weighted by atomic mass is 9.95. The van der Waals surface area contributed by atoms with Crippen LogP contribution in [-0.2, 0) is 17.6 Å². The molecular weight excluding hydrogens is 654 g/mol. The van der Waals surface area contributed by atoms with Crippen LogP contribution >= 0.6 is 11.6 Å². The van der Waals surface area contributed by atoms with Gasteiger partial charge in [0.2, 0.25) is 5.91 Å². The monoisotopic (exact) mass is 703 g/mol. The number of likely N-dealkylation sites (tertiary alicyclic amines) is 1. The van der Waals surface area contributed by atoms with Crippen molar-refractivity contribution in [1.29, 1.82) is 0 Å². The maximum Gasteiger partial charge on any atom is 0.343 e. The number of piperazine rings is 1. The molecular formula is C37H50ClN9O3. The molecule has 2 aromatic carbocycles. The number of aryl methyl sites for hydroxylation is 1. The number of nitrogens with zero attached hydrogens (tertiary/aromatic N) is 6. The fourth-order valence-corrected chi connectivity index (χ4v) is 8.92. The van der Waals surface area contributed by atoms with Gasteiger partial charge in [0.05, 0.1) is 16.8 Å². The van der Waals surface area contributed by atoms with Gasteiger partial charge in [-0.1, -0.05) is 54.9 Å². The molecule has 2 unspecified atom stereocenters. The molecule has 5 heterocycles. The first-order valence-corrected chi connectivity index (χ1v) is 18.7. The van der Waals surface area contributed by atoms with Crippen LogP contribution in [0.2, 0.25) is 5.02 Å². The standard InChI is InChI=1S/C37H50ClN9O3/c1-3-25-19-24(20-31(38)33(25)39)21-32(35(48)45-17-15-44(16-18-45)30-22-28-9-10-29(23-30)43(28)2)40-36(49)46-13-11-27(12-14-46)47-37(50)41-34(42-47)26-7-5-4-6-8-26/h4-8,19-20,27-30,32H,3,9-18,21-23,39H2,1-2H3,(H,40,49)(H,41,42,50)/t28?,29?,30?,32-/m1/s1. The number of nitrogens with one attached hydrogen (secondary N) is 2. The van der Waals surface area contributed by atoms with Crippen molar-refractivity contribution in [3.8, 4) is 11.4 Å². The Kier molecular flexibility index (Phi) is 10.2. The summed E-state index contributed by atoms with van der Waals surface area (Å²) in [6.45, 7) is 5.90. The first-order chi connectivity index (χ1) is 24.2. The molecule has 0 aliphatic carbocycles. The van der Waals surface area contributed by atoms with Crippen molar-refractivity contribution in [2.75, 3.05) is 52.0 Å². The zero-order valence-electron chi connectivity index (χ0n) is 29.2. The fourth-order valence-electron chi connectivity index (χ4n) is 8.66. The number of halogens is 1. The number of benzene rings is 2. The summed E-state index contributed by atoms with van der Waals surface area (Å²) >= 11 is 6.52. The average Bonchev–Trinajstić information content (AvgIpc) is 3.60. The summed E-state index contributed by atoms with van der Waals surface area (Å²) in [4.78, 5) is 52.5. The molecule has 0 saturated carbocycles. The number of carbonyl (C=O) groups excluding carboxylic acids is 2. The van der Waals surface area contributed by atoms with Gasteiger partial charge in [0, 0.05) is 69.4 Å². The number of nitrogen functional groups attached to an aromatic ring is 1. The van der Waals surface area contributed by atoms with Gasteiger partial charge in [0.15, 0.2) is 5.82 Å². The van der Waals surface area contributed by atoms with Crippen LogP contribution in [0.3, 0.4) is 0 Å². The van der Waals surface area contributed by atoms with Crippen LogP contribution in [0.1, 0.15) is 62.6 Å². The third kappa shape index (κ3) is 7.15. The number of rotatable bonds is 8. The van der Waals surface area contributed by atoms with Crippen molar-refractivity contribution < 1.29 is 9.59 Å². The maximum atomic E-state index is 14.2. The number of hydrogen-bond acceptors (Lipinski definition) is 7. The van der Waals surface area contributed by atoms with Crippen LogP contribution in [0.4, 0.5) is 10.5 Å². The van der Waals surface area contributed by atoms with E-state index in [1.165, 1.54) is 30.4 Å². The molecule has 4 aliphatic rings. The van der Waals surface area contributed by atoms with E-state index in [-0.39, 0.29) is 23.7 Å². The predicted molar refractivity (Wildman–Crippen MR) is 195 cm³/mol. The molecule has 4 fully saturated rings. The lowest BCUT2D eigenvalue weighted by molar-refractivity contribution is -0.135. The summed E-state index contributed by atoms with van der Waals surface area (Å²) < 4.78 is 1.51. The Balaban J connectivity index is 1.01. The highest BCUT2D eigenvalue weighted by molar-refractivity contribution is 6.33. The van der Waals surface area contributed by atoms with Gasteiger partial charge in [-0.25, -0.2) is 14.3 Å². The summed E-state index contributed by atoms with van der Waals surface area (Å²) in [5.41, 5.74) is 9.17. The Labute approximate surface area is 298 Å². The summed E-state index contributed by atoms with van der Waals surface area (Å²) in [6.07, 6.45) is 7.19. The number of urea groups is 1. The first kappa shape index (κ1) is 34.6. The number of amides is 3. The van der Waals surface area contributed by atoms with Crippen molar-refractivity contribution in [3.63, 3.8) is 0 Å². The minimum absolute atomic E-state index is 0.0705. The normalized spacial score (nSPS) is 24.0. The number of fused-ring (bicyclic) bond motifs is 2. The molecule has 268 valence electrons. The quantitative estimate of drug-likeness (QED) is 0.304. The van der Waals surface area contributed by atoms with E-state index < -0.39 is 6.04 Å². The van der Waals surface area contributed by atoms with Crippen LogP contribution in [0.15, 0.2) is 47.3 Å². The molecule has 2 bridgehead atoms. The first-order valence-electron chi connectivity index (χ1n) is 18.3. The highest BCUT2D eigenvalue weighted by atomic mass is 35.5. The number of nitrogens with two attached hydrogens (primary N) is 1. The van der Waals surface area contributed by atoms with E-state index in [0.29, 0.717) is 86.5 Å². The Morgan fingerprint density at radius 1 is 0.940 bits per heavy atom. The molecule has 1 aromatic heterocycles. The third-order valence-corrected chi connectivity index (χ3v) is 12.0. The molecule has 3 aromatic rings. The molecule has 4 saturated heterocycles. The second-order valence-electron chi connectivity index (χ2n) is 14.6. The molecule has 0 spiro atoms. The van der Waals surface area contributed by atoms with Crippen molar-refractivity contribution in [2.45, 2.75) is 88.5 Å². The van der Waals surface area contributed by atoms with Gasteiger partial charge < -0.3 is 25.8 Å². The van der Waals surface area contributed by atoms with E-state index >= 15 is 0 Å². The molecule has 3 atom stereocenters. The van der Waals surface area contributed by atoms with Gasteiger partial charge in [-0.15, -0.1) is 5.10 Å². The molecule has 3 amide bonds. The number of carbonyl (C=O) groups is 2. The van der Waals surface area contributed by atoms with E-state index in [9.17, 15) is 14.4 Å². The molecule has 13 heteroatoms. The third-order valence-electron chi connectivity index (χ3n) is 11.7. The molecule has 50 heavy (non-hydrogen) atoms. The SMILES string of the molecule is CCc1cc(C[C@@H](NC(=O)N2CCC(n3nc(-c4ccccc4)[nH]c3=O)CC2)C(=O)N2CCN(C3CC4CCC(C3)N4C)CC2)cc(Cl)c1N. The van der Waals surface area contributed by atoms with Crippen molar-refractivity contribution >= 4 is 29.2 Å². The van der Waals surface area contributed by atoms with E-state index in [4.69, 9.17) is 17.3 Å². The smallest absolute Gasteiger partial charge is 0.343 e. The lowest BCUT2D eigenvalue weighted by Gasteiger charge is -2.45. The molecule has 12 nitrogen and oxygen atoms in total. The highest BCUT2D eigenvalue weighted by Crippen LogP contribution is 2.36. The average molecular weight is 704 g/mol. The van der Waals surface area contributed by atoms with E-state index in [1.54, 1.807) is 4.90 Å². The Morgan fingerprint density at radius 2 is 1.62 bits per heavy atom. The predicted octanol–water partition coefficient (Wildman–Crippen LogP) is 3.76. The number of H-pyrrole nitrogens is 1. The van der Waals surface area contributed by atoms with Gasteiger partial charge in [-0.3, -0.25) is 14.7 Å². The minimum atomic E-state index is -0.752. The van der Waals surface area contributed by atoms with Crippen LogP contribution in [-0.4, -0.2) is 117 Å². The van der Waals surface area contributed by atoms with Crippen molar-refractivity contribution in [1.82, 2.24) is 39.7 Å². The van der Waals surface area contributed by atoms with Crippen molar-refractivity contribution in [3.05, 3.63) is 69.1 Å². The number of aromatic nitrogens is 3. The summed E-state index contributed by atoms with van der Waals surface area (Å²) in [5.74, 6) is 0.462. The van der Waals surface area contributed by atoms with Gasteiger partial charge >= 0.3 is 11.7 Å². The fraction of sp³-hybridized carbons (Fsp3) is 0.568. The van der Waals surface area contributed by atoms with Crippen LogP contribution < -0.4 is 16.7 Å². The second-order valence-corrected chi connectivity index (χ2v) is 15.0. The molecule has 4 N–H and O–H groups in total. The number of anilines is 1. The number of aromatic amines is 1. The maximum absolute atomic E-state index is 14.2. The molecule has 7 rings (SSSR count). The van der Waals surface area contributed by atoms with Gasteiger partial charge in [0.1, 0.15) is 6.04 Å². The van der Waals surface area contributed by atoms with E-state index in [0.717, 1.165) is 29.8 Å². The van der Waals surface area contributed by atoms with E-state index in [1.807, 2.05) is 54.3 Å². The number of piperidine rings is 2. The van der Waals surface area contributed by atoms with Crippen LogP contribution in [0.25, 0.3) is 11.4 Å². The zero-order chi connectivity index (χ0) is 34.9. The van der Waals surface area contributed by atoms with E-state index in [2.05, 4.69) is 32.2 Å². The highest BCUT2D eigenvalue weighted by Gasteiger charge is 2.41. The van der Waals surface area contributed by atoms with Gasteiger partial charge in [-0.2, -0.15) is 0 Å². The lowest BCUT2D eigenvalue weighted by Crippen LogP contribution is -2.59. The topological polar surface area (TPSA) is 136 Å². The second kappa shape index (κ2) is 14.8. The van der Waals surface area contributed by atoms with Gasteiger partial charge in [-0.05, 0) is 69.2 Å². The summed E-state index contributed by atoms with van der Waals surface area (Å²) in [7, 11) is 2.27. The Morgan fingerprint density at radius 3 is 2.28 bits per heavy atom. The van der Waals surface area contributed by atoms with Crippen LogP contribution in [0, 0.1) is 0 Å². The summed E-state index contributed by atoms with van der Waals surface area (Å²) in [6, 6.07) is 14.1. The van der Waals surface area contributed by atoms with Crippen LogP contribution in [0.5, 0.6) is 0 Å². The molecule has 4 aliphatic heterocycles.